The Bertz CT molecular complexity index is 851. The van der Waals surface area contributed by atoms with Crippen molar-refractivity contribution in [2.75, 3.05) is 5.32 Å². The molecule has 0 aliphatic rings. The van der Waals surface area contributed by atoms with Gasteiger partial charge in [-0.3, -0.25) is 9.78 Å². The number of hydrogen-bond donors (Lipinski definition) is 2. The predicted octanol–water partition coefficient (Wildman–Crippen LogP) is 2.51. The van der Waals surface area contributed by atoms with E-state index in [9.17, 15) is 14.0 Å². The fourth-order valence-electron chi connectivity index (χ4n) is 1.91. The average Bonchev–Trinajstić information content (AvgIpc) is 2.80. The van der Waals surface area contributed by atoms with Crippen LogP contribution in [0.3, 0.4) is 0 Å². The Hall–Kier alpha value is -2.89. The Balaban J connectivity index is 1.99. The number of rotatable bonds is 2. The van der Waals surface area contributed by atoms with Crippen molar-refractivity contribution in [2.24, 2.45) is 0 Å². The zero-order valence-corrected chi connectivity index (χ0v) is 10.1. The standard InChI is InChI=1S/C14H9FN2O3/c15-9-5-2-1-4-8(9)13(18)16-10-6-3-7-11-12(10)17-14(19)20-11/h1-7H,(H,16,18)(H,17,19). The maximum Gasteiger partial charge on any atom is 0.417 e. The summed E-state index contributed by atoms with van der Waals surface area (Å²) in [6, 6.07) is 10.4. The molecule has 0 radical (unpaired) electrons. The number of aromatic nitrogens is 1. The van der Waals surface area contributed by atoms with Crippen LogP contribution >= 0.6 is 0 Å². The molecule has 3 rings (SSSR count). The van der Waals surface area contributed by atoms with Crippen molar-refractivity contribution < 1.29 is 13.6 Å². The Kier molecular flexibility index (Phi) is 2.83. The molecule has 0 saturated carbocycles. The third kappa shape index (κ3) is 2.07. The first-order valence-corrected chi connectivity index (χ1v) is 5.83. The molecule has 0 atom stereocenters. The first kappa shape index (κ1) is 12.2. The predicted molar refractivity (Wildman–Crippen MR) is 71.2 cm³/mol. The van der Waals surface area contributed by atoms with E-state index >= 15 is 0 Å². The van der Waals surface area contributed by atoms with Gasteiger partial charge in [0.2, 0.25) is 0 Å². The van der Waals surface area contributed by atoms with Gasteiger partial charge in [0, 0.05) is 0 Å². The molecule has 1 heterocycles. The fourth-order valence-corrected chi connectivity index (χ4v) is 1.91. The van der Waals surface area contributed by atoms with E-state index in [1.165, 1.54) is 18.2 Å². The first-order chi connectivity index (χ1) is 9.65. The Morgan fingerprint density at radius 1 is 1.15 bits per heavy atom. The highest BCUT2D eigenvalue weighted by Gasteiger charge is 2.13. The van der Waals surface area contributed by atoms with E-state index < -0.39 is 17.5 Å². The number of anilines is 1. The summed E-state index contributed by atoms with van der Waals surface area (Å²) >= 11 is 0. The number of carbonyl (C=O) groups is 1. The van der Waals surface area contributed by atoms with Crippen molar-refractivity contribution in [1.82, 2.24) is 4.98 Å². The summed E-state index contributed by atoms with van der Waals surface area (Å²) < 4.78 is 18.4. The molecule has 5 nitrogen and oxygen atoms in total. The van der Waals surface area contributed by atoms with E-state index in [0.29, 0.717) is 16.8 Å². The Morgan fingerprint density at radius 2 is 1.95 bits per heavy atom. The Labute approximate surface area is 112 Å². The van der Waals surface area contributed by atoms with Crippen LogP contribution in [-0.4, -0.2) is 10.9 Å². The lowest BCUT2D eigenvalue weighted by Crippen LogP contribution is -2.14. The van der Waals surface area contributed by atoms with Gasteiger partial charge in [0.1, 0.15) is 11.3 Å². The number of oxazole rings is 1. The second kappa shape index (κ2) is 4.65. The highest BCUT2D eigenvalue weighted by Crippen LogP contribution is 2.21. The summed E-state index contributed by atoms with van der Waals surface area (Å²) in [7, 11) is 0. The van der Waals surface area contributed by atoms with Crippen LogP contribution in [0.2, 0.25) is 0 Å². The van der Waals surface area contributed by atoms with Crippen molar-refractivity contribution in [3.63, 3.8) is 0 Å². The number of aromatic amines is 1. The lowest BCUT2D eigenvalue weighted by atomic mass is 10.2. The van der Waals surface area contributed by atoms with Crippen LogP contribution in [0.5, 0.6) is 0 Å². The third-order valence-electron chi connectivity index (χ3n) is 2.82. The van der Waals surface area contributed by atoms with Gasteiger partial charge in [0.05, 0.1) is 11.3 Å². The van der Waals surface area contributed by atoms with Crippen LogP contribution in [0, 0.1) is 5.82 Å². The van der Waals surface area contributed by atoms with Gasteiger partial charge in [0.15, 0.2) is 5.58 Å². The fraction of sp³-hybridized carbons (Fsp3) is 0. The van der Waals surface area contributed by atoms with E-state index in [1.807, 2.05) is 0 Å². The summed E-state index contributed by atoms with van der Waals surface area (Å²) in [6.45, 7) is 0. The zero-order chi connectivity index (χ0) is 14.1. The lowest BCUT2D eigenvalue weighted by molar-refractivity contribution is 0.102. The number of nitrogens with one attached hydrogen (secondary N) is 2. The smallest absolute Gasteiger partial charge is 0.408 e. The molecule has 2 N–H and O–H groups in total. The van der Waals surface area contributed by atoms with Crippen LogP contribution in [0.4, 0.5) is 10.1 Å². The molecule has 6 heteroatoms. The van der Waals surface area contributed by atoms with Crippen LogP contribution in [0.25, 0.3) is 11.1 Å². The highest BCUT2D eigenvalue weighted by molar-refractivity contribution is 6.07. The minimum absolute atomic E-state index is 0.0738. The van der Waals surface area contributed by atoms with Gasteiger partial charge < -0.3 is 9.73 Å². The molecule has 0 bridgehead atoms. The molecule has 1 aromatic heterocycles. The maximum absolute atomic E-state index is 13.5. The molecule has 2 aromatic carbocycles. The first-order valence-electron chi connectivity index (χ1n) is 5.83. The molecule has 0 fully saturated rings. The molecule has 0 unspecified atom stereocenters. The number of H-pyrrole nitrogens is 1. The maximum atomic E-state index is 13.5. The second-order valence-corrected chi connectivity index (χ2v) is 4.13. The van der Waals surface area contributed by atoms with Crippen molar-refractivity contribution in [2.45, 2.75) is 0 Å². The topological polar surface area (TPSA) is 75.1 Å². The molecule has 100 valence electrons. The number of benzene rings is 2. The van der Waals surface area contributed by atoms with Crippen molar-refractivity contribution in [3.05, 3.63) is 64.4 Å². The number of carbonyl (C=O) groups excluding carboxylic acids is 1. The van der Waals surface area contributed by atoms with E-state index in [2.05, 4.69) is 10.3 Å². The third-order valence-corrected chi connectivity index (χ3v) is 2.82. The zero-order valence-electron chi connectivity index (χ0n) is 10.1. The Morgan fingerprint density at radius 3 is 2.75 bits per heavy atom. The van der Waals surface area contributed by atoms with Gasteiger partial charge >= 0.3 is 5.76 Å². The van der Waals surface area contributed by atoms with E-state index in [0.717, 1.165) is 0 Å². The molecular weight excluding hydrogens is 263 g/mol. The normalized spacial score (nSPS) is 10.7. The lowest BCUT2D eigenvalue weighted by Gasteiger charge is -2.06. The quantitative estimate of drug-likeness (QED) is 0.752. The summed E-state index contributed by atoms with van der Waals surface area (Å²) in [6.07, 6.45) is 0. The van der Waals surface area contributed by atoms with Gasteiger partial charge in [-0.05, 0) is 24.3 Å². The van der Waals surface area contributed by atoms with E-state index in [-0.39, 0.29) is 5.56 Å². The van der Waals surface area contributed by atoms with Gasteiger partial charge in [-0.1, -0.05) is 18.2 Å². The SMILES string of the molecule is O=C(Nc1cccc2oc(=O)[nH]c12)c1ccccc1F. The molecule has 1 amide bonds. The summed E-state index contributed by atoms with van der Waals surface area (Å²) in [5.41, 5.74) is 0.959. The van der Waals surface area contributed by atoms with Gasteiger partial charge in [-0.15, -0.1) is 0 Å². The number of hydrogen-bond acceptors (Lipinski definition) is 3. The average molecular weight is 272 g/mol. The summed E-state index contributed by atoms with van der Waals surface area (Å²) in [5.74, 6) is -1.83. The van der Waals surface area contributed by atoms with Crippen molar-refractivity contribution in [1.29, 1.82) is 0 Å². The van der Waals surface area contributed by atoms with Crippen LogP contribution < -0.4 is 11.1 Å². The minimum atomic E-state index is -0.618. The molecule has 0 spiro atoms. The van der Waals surface area contributed by atoms with Crippen LogP contribution in [0.1, 0.15) is 10.4 Å². The molecule has 0 aliphatic carbocycles. The van der Waals surface area contributed by atoms with E-state index in [4.69, 9.17) is 4.42 Å². The second-order valence-electron chi connectivity index (χ2n) is 4.13. The summed E-state index contributed by atoms with van der Waals surface area (Å²) in [5, 5.41) is 2.55. The summed E-state index contributed by atoms with van der Waals surface area (Å²) in [4.78, 5) is 25.6. The highest BCUT2D eigenvalue weighted by atomic mass is 19.1. The number of para-hydroxylation sites is 1. The van der Waals surface area contributed by atoms with Crippen molar-refractivity contribution >= 4 is 22.7 Å². The van der Waals surface area contributed by atoms with Gasteiger partial charge in [-0.25, -0.2) is 9.18 Å². The largest absolute Gasteiger partial charge is 0.417 e. The van der Waals surface area contributed by atoms with E-state index in [1.54, 1.807) is 24.3 Å². The molecule has 0 saturated heterocycles. The van der Waals surface area contributed by atoms with Crippen molar-refractivity contribution in [3.8, 4) is 0 Å². The van der Waals surface area contributed by atoms with Crippen LogP contribution in [-0.2, 0) is 0 Å². The van der Waals surface area contributed by atoms with Crippen LogP contribution in [0.15, 0.2) is 51.7 Å². The minimum Gasteiger partial charge on any atom is -0.408 e. The monoisotopic (exact) mass is 272 g/mol. The molecular formula is C14H9FN2O3. The number of fused-ring (bicyclic) bond motifs is 1. The van der Waals surface area contributed by atoms with Gasteiger partial charge in [-0.2, -0.15) is 0 Å². The molecule has 20 heavy (non-hydrogen) atoms. The number of amides is 1. The number of halogens is 1. The molecule has 3 aromatic rings. The van der Waals surface area contributed by atoms with Gasteiger partial charge in [0.25, 0.3) is 5.91 Å². The molecule has 0 aliphatic heterocycles.